The number of nitrogens with zero attached hydrogens (tertiary/aromatic N) is 2. The second kappa shape index (κ2) is 14.3. The van der Waals surface area contributed by atoms with Gasteiger partial charge in [0.1, 0.15) is 0 Å². The van der Waals surface area contributed by atoms with Gasteiger partial charge in [0.2, 0.25) is 0 Å². The molecule has 0 aliphatic heterocycles. The molecular weight excluding hydrogens is 254 g/mol. The number of nitrogens with one attached hydrogen (secondary N) is 1. The Kier molecular flexibility index (Phi) is 13.6. The van der Waals surface area contributed by atoms with Crippen molar-refractivity contribution in [3.63, 3.8) is 0 Å². The van der Waals surface area contributed by atoms with E-state index in [1.165, 1.54) is 0 Å². The van der Waals surface area contributed by atoms with Gasteiger partial charge in [0.05, 0.1) is 13.2 Å². The minimum Gasteiger partial charge on any atom is -0.382 e. The molecule has 5 nitrogen and oxygen atoms in total. The SMILES string of the molecule is C=CCCCN(C)C(=NCCCOCCOC)NCC. The highest BCUT2D eigenvalue weighted by Crippen LogP contribution is 1.95. The van der Waals surface area contributed by atoms with Crippen molar-refractivity contribution in [1.29, 1.82) is 0 Å². The molecule has 0 aromatic rings. The first-order valence-electron chi connectivity index (χ1n) is 7.43. The predicted molar refractivity (Wildman–Crippen MR) is 85.4 cm³/mol. The van der Waals surface area contributed by atoms with Gasteiger partial charge >= 0.3 is 0 Å². The van der Waals surface area contributed by atoms with Crippen LogP contribution in [0.25, 0.3) is 0 Å². The summed E-state index contributed by atoms with van der Waals surface area (Å²) in [5.74, 6) is 0.966. The number of methoxy groups -OCH3 is 1. The van der Waals surface area contributed by atoms with Crippen molar-refractivity contribution in [3.05, 3.63) is 12.7 Å². The number of hydrogen-bond acceptors (Lipinski definition) is 3. The summed E-state index contributed by atoms with van der Waals surface area (Å²) in [6, 6.07) is 0. The molecule has 1 N–H and O–H groups in total. The number of aliphatic imine (C=N–C) groups is 1. The average Bonchev–Trinajstić information content (AvgIpc) is 2.45. The van der Waals surface area contributed by atoms with E-state index in [1.807, 2.05) is 6.08 Å². The van der Waals surface area contributed by atoms with Crippen molar-refractivity contribution in [3.8, 4) is 0 Å². The molecule has 0 fully saturated rings. The van der Waals surface area contributed by atoms with E-state index >= 15 is 0 Å². The molecule has 0 bridgehead atoms. The van der Waals surface area contributed by atoms with Gasteiger partial charge in [-0.2, -0.15) is 0 Å². The molecule has 5 heteroatoms. The number of rotatable bonds is 12. The van der Waals surface area contributed by atoms with Crippen LogP contribution in [0.1, 0.15) is 26.2 Å². The Morgan fingerprint density at radius 3 is 2.75 bits per heavy atom. The summed E-state index contributed by atoms with van der Waals surface area (Å²) in [7, 11) is 3.75. The fourth-order valence-electron chi connectivity index (χ4n) is 1.64. The van der Waals surface area contributed by atoms with Crippen LogP contribution in [0.5, 0.6) is 0 Å². The standard InChI is InChI=1S/C15H31N3O2/c1-5-7-8-11-18(3)15(16-6-2)17-10-9-12-20-14-13-19-4/h5H,1,6-14H2,2-4H3,(H,16,17). The molecule has 0 aromatic carbocycles. The summed E-state index contributed by atoms with van der Waals surface area (Å²) in [6.45, 7) is 10.5. The third kappa shape index (κ3) is 10.8. The number of guanidine groups is 1. The molecule has 0 spiro atoms. The minimum atomic E-state index is 0.651. The summed E-state index contributed by atoms with van der Waals surface area (Å²) in [5, 5.41) is 3.31. The lowest BCUT2D eigenvalue weighted by Gasteiger charge is -2.21. The van der Waals surface area contributed by atoms with Gasteiger partial charge in [0, 0.05) is 40.4 Å². The van der Waals surface area contributed by atoms with E-state index in [2.05, 4.69) is 35.8 Å². The van der Waals surface area contributed by atoms with Gasteiger partial charge in [0.25, 0.3) is 0 Å². The van der Waals surface area contributed by atoms with E-state index in [1.54, 1.807) is 7.11 Å². The first-order valence-corrected chi connectivity index (χ1v) is 7.43. The normalized spacial score (nSPS) is 11.4. The van der Waals surface area contributed by atoms with E-state index in [4.69, 9.17) is 9.47 Å². The zero-order valence-corrected chi connectivity index (χ0v) is 13.4. The topological polar surface area (TPSA) is 46.1 Å². The fraction of sp³-hybridized carbons (Fsp3) is 0.800. The van der Waals surface area contributed by atoms with Gasteiger partial charge in [-0.3, -0.25) is 4.99 Å². The lowest BCUT2D eigenvalue weighted by molar-refractivity contribution is 0.0702. The third-order valence-corrected chi connectivity index (χ3v) is 2.74. The van der Waals surface area contributed by atoms with Gasteiger partial charge in [-0.25, -0.2) is 0 Å². The molecule has 0 amide bonds. The van der Waals surface area contributed by atoms with Crippen LogP contribution in [-0.4, -0.2) is 64.5 Å². The van der Waals surface area contributed by atoms with Crippen molar-refractivity contribution >= 4 is 5.96 Å². The Balaban J connectivity index is 3.90. The highest BCUT2D eigenvalue weighted by molar-refractivity contribution is 5.79. The summed E-state index contributed by atoms with van der Waals surface area (Å²) in [4.78, 5) is 6.77. The first kappa shape index (κ1) is 18.9. The Morgan fingerprint density at radius 1 is 1.30 bits per heavy atom. The van der Waals surface area contributed by atoms with Gasteiger partial charge in [-0.15, -0.1) is 6.58 Å². The number of ether oxygens (including phenoxy) is 2. The lowest BCUT2D eigenvalue weighted by atomic mass is 10.3. The summed E-state index contributed by atoms with van der Waals surface area (Å²) in [6.07, 6.45) is 5.02. The van der Waals surface area contributed by atoms with Crippen LogP contribution in [0, 0.1) is 0 Å². The van der Waals surface area contributed by atoms with Crippen LogP contribution in [0.4, 0.5) is 0 Å². The smallest absolute Gasteiger partial charge is 0.193 e. The molecule has 0 saturated heterocycles. The second-order valence-electron chi connectivity index (χ2n) is 4.55. The molecule has 0 aromatic heterocycles. The minimum absolute atomic E-state index is 0.651. The fourth-order valence-corrected chi connectivity index (χ4v) is 1.64. The van der Waals surface area contributed by atoms with Crippen LogP contribution in [-0.2, 0) is 9.47 Å². The Bertz CT molecular complexity index is 258. The zero-order valence-electron chi connectivity index (χ0n) is 13.4. The van der Waals surface area contributed by atoms with Gasteiger partial charge in [-0.1, -0.05) is 6.08 Å². The van der Waals surface area contributed by atoms with Gasteiger partial charge in [0.15, 0.2) is 5.96 Å². The van der Waals surface area contributed by atoms with Crippen molar-refractivity contribution in [1.82, 2.24) is 10.2 Å². The molecule has 0 unspecified atom stereocenters. The van der Waals surface area contributed by atoms with E-state index in [-0.39, 0.29) is 0 Å². The molecule has 0 atom stereocenters. The Morgan fingerprint density at radius 2 is 2.10 bits per heavy atom. The maximum atomic E-state index is 5.42. The van der Waals surface area contributed by atoms with Gasteiger partial charge in [-0.05, 0) is 26.2 Å². The van der Waals surface area contributed by atoms with E-state index in [9.17, 15) is 0 Å². The van der Waals surface area contributed by atoms with E-state index < -0.39 is 0 Å². The van der Waals surface area contributed by atoms with Crippen LogP contribution in [0.15, 0.2) is 17.6 Å². The molecule has 0 aliphatic carbocycles. The summed E-state index contributed by atoms with van der Waals surface area (Å²) in [5.41, 5.74) is 0. The molecular formula is C15H31N3O2. The molecule has 0 rings (SSSR count). The monoisotopic (exact) mass is 285 g/mol. The number of allylic oxidation sites excluding steroid dienone is 1. The van der Waals surface area contributed by atoms with Gasteiger partial charge < -0.3 is 19.7 Å². The van der Waals surface area contributed by atoms with Crippen molar-refractivity contribution in [2.75, 3.05) is 53.6 Å². The van der Waals surface area contributed by atoms with E-state index in [0.29, 0.717) is 13.2 Å². The average molecular weight is 285 g/mol. The second-order valence-corrected chi connectivity index (χ2v) is 4.55. The first-order chi connectivity index (χ1) is 9.76. The largest absolute Gasteiger partial charge is 0.382 e. The summed E-state index contributed by atoms with van der Waals surface area (Å²) >= 11 is 0. The highest BCUT2D eigenvalue weighted by Gasteiger charge is 2.03. The quantitative estimate of drug-likeness (QED) is 0.257. The molecule has 0 heterocycles. The van der Waals surface area contributed by atoms with Crippen LogP contribution < -0.4 is 5.32 Å². The lowest BCUT2D eigenvalue weighted by Crippen LogP contribution is -2.39. The molecule has 118 valence electrons. The molecule has 20 heavy (non-hydrogen) atoms. The summed E-state index contributed by atoms with van der Waals surface area (Å²) < 4.78 is 10.3. The zero-order chi connectivity index (χ0) is 15.1. The molecule has 0 saturated carbocycles. The highest BCUT2D eigenvalue weighted by atomic mass is 16.5. The van der Waals surface area contributed by atoms with E-state index in [0.717, 1.165) is 51.5 Å². The Labute approximate surface area is 124 Å². The van der Waals surface area contributed by atoms with Crippen molar-refractivity contribution < 1.29 is 9.47 Å². The third-order valence-electron chi connectivity index (χ3n) is 2.74. The number of unbranched alkanes of at least 4 members (excludes halogenated alkanes) is 1. The van der Waals surface area contributed by atoms with Crippen LogP contribution in [0.2, 0.25) is 0 Å². The number of hydrogen-bond donors (Lipinski definition) is 1. The van der Waals surface area contributed by atoms with Crippen molar-refractivity contribution in [2.45, 2.75) is 26.2 Å². The maximum absolute atomic E-state index is 5.42. The predicted octanol–water partition coefficient (Wildman–Crippen LogP) is 1.90. The Hall–Kier alpha value is -1.07. The van der Waals surface area contributed by atoms with Crippen molar-refractivity contribution in [2.24, 2.45) is 4.99 Å². The van der Waals surface area contributed by atoms with Crippen LogP contribution in [0.3, 0.4) is 0 Å². The van der Waals surface area contributed by atoms with Crippen LogP contribution >= 0.6 is 0 Å². The maximum Gasteiger partial charge on any atom is 0.193 e. The molecule has 0 aliphatic rings. The molecule has 0 radical (unpaired) electrons.